The fourth-order valence-corrected chi connectivity index (χ4v) is 3.83. The zero-order valence-electron chi connectivity index (χ0n) is 13.1. The van der Waals surface area contributed by atoms with Crippen molar-refractivity contribution in [1.82, 2.24) is 0 Å². The first-order valence-electron chi connectivity index (χ1n) is 8.19. The molecule has 0 saturated heterocycles. The van der Waals surface area contributed by atoms with Crippen LogP contribution in [0.2, 0.25) is 0 Å². The van der Waals surface area contributed by atoms with Crippen molar-refractivity contribution in [2.45, 2.75) is 38.0 Å². The van der Waals surface area contributed by atoms with Crippen LogP contribution in [0.5, 0.6) is 5.75 Å². The average Bonchev–Trinajstić information content (AvgIpc) is 3.02. The van der Waals surface area contributed by atoms with Gasteiger partial charge in [-0.2, -0.15) is 4.58 Å². The summed E-state index contributed by atoms with van der Waals surface area (Å²) in [5.41, 5.74) is 4.05. The first-order chi connectivity index (χ1) is 10.8. The van der Waals surface area contributed by atoms with E-state index in [1.807, 2.05) is 6.07 Å². The normalized spacial score (nSPS) is 19.2. The molecule has 112 valence electrons. The number of nitrogens with zero attached hydrogens (tertiary/aromatic N) is 1. The Hall–Kier alpha value is -2.09. The fourth-order valence-electron chi connectivity index (χ4n) is 3.83. The molecular formula is C20H22NO+. The number of rotatable bonds is 2. The summed E-state index contributed by atoms with van der Waals surface area (Å²) in [6.45, 7) is 2.98. The smallest absolute Gasteiger partial charge is 0.292 e. The second-order valence-corrected chi connectivity index (χ2v) is 6.70. The quantitative estimate of drug-likeness (QED) is 0.735. The molecule has 0 unspecified atom stereocenters. The summed E-state index contributed by atoms with van der Waals surface area (Å²) in [5, 5.41) is 0. The molecule has 0 bridgehead atoms. The SMILES string of the molecule is CC1(c2cccc3c2OC[N+](c2ccccc2)=C3)CCCC1. The van der Waals surface area contributed by atoms with Crippen molar-refractivity contribution in [3.8, 4) is 5.75 Å². The molecule has 1 heterocycles. The second-order valence-electron chi connectivity index (χ2n) is 6.70. The van der Waals surface area contributed by atoms with Crippen LogP contribution in [-0.4, -0.2) is 17.5 Å². The summed E-state index contributed by atoms with van der Waals surface area (Å²) in [4.78, 5) is 0. The molecule has 0 spiro atoms. The van der Waals surface area contributed by atoms with Crippen molar-refractivity contribution in [1.29, 1.82) is 0 Å². The van der Waals surface area contributed by atoms with Crippen molar-refractivity contribution in [3.05, 3.63) is 59.7 Å². The summed E-state index contributed by atoms with van der Waals surface area (Å²) in [6.07, 6.45) is 7.43. The van der Waals surface area contributed by atoms with E-state index in [4.69, 9.17) is 4.74 Å². The van der Waals surface area contributed by atoms with Crippen molar-refractivity contribution in [2.24, 2.45) is 0 Å². The van der Waals surface area contributed by atoms with Crippen LogP contribution in [-0.2, 0) is 5.41 Å². The average molecular weight is 292 g/mol. The van der Waals surface area contributed by atoms with Crippen LogP contribution in [0, 0.1) is 0 Å². The molecule has 0 aromatic heterocycles. The highest BCUT2D eigenvalue weighted by Crippen LogP contribution is 2.45. The molecule has 4 rings (SSSR count). The van der Waals surface area contributed by atoms with Crippen LogP contribution in [0.25, 0.3) is 0 Å². The minimum absolute atomic E-state index is 0.286. The maximum absolute atomic E-state index is 6.19. The minimum Gasteiger partial charge on any atom is -0.435 e. The maximum atomic E-state index is 6.19. The third-order valence-corrected chi connectivity index (χ3v) is 5.13. The Labute approximate surface area is 132 Å². The van der Waals surface area contributed by atoms with E-state index in [2.05, 4.69) is 60.2 Å². The van der Waals surface area contributed by atoms with Gasteiger partial charge < -0.3 is 4.74 Å². The van der Waals surface area contributed by atoms with E-state index in [0.29, 0.717) is 6.73 Å². The predicted octanol–water partition coefficient (Wildman–Crippen LogP) is 4.63. The van der Waals surface area contributed by atoms with E-state index in [0.717, 1.165) is 5.75 Å². The van der Waals surface area contributed by atoms with Gasteiger partial charge in [-0.15, -0.1) is 0 Å². The Morgan fingerprint density at radius 2 is 1.73 bits per heavy atom. The number of hydrogen-bond donors (Lipinski definition) is 0. The van der Waals surface area contributed by atoms with Crippen LogP contribution in [0.4, 0.5) is 5.69 Å². The van der Waals surface area contributed by atoms with Crippen LogP contribution in [0.3, 0.4) is 0 Å². The predicted molar refractivity (Wildman–Crippen MR) is 89.3 cm³/mol. The number of fused-ring (bicyclic) bond motifs is 1. The van der Waals surface area contributed by atoms with Gasteiger partial charge in [-0.3, -0.25) is 0 Å². The highest BCUT2D eigenvalue weighted by Gasteiger charge is 2.35. The van der Waals surface area contributed by atoms with Crippen LogP contribution in [0.1, 0.15) is 43.7 Å². The molecule has 1 fully saturated rings. The van der Waals surface area contributed by atoms with Crippen molar-refractivity contribution >= 4 is 11.9 Å². The van der Waals surface area contributed by atoms with Gasteiger partial charge in [0.25, 0.3) is 6.73 Å². The zero-order valence-corrected chi connectivity index (χ0v) is 13.1. The van der Waals surface area contributed by atoms with Crippen molar-refractivity contribution < 1.29 is 9.31 Å². The standard InChI is InChI=1S/C20H22NO/c1-20(12-5-6-13-20)18-11-7-8-16-14-21(15-22-19(16)18)17-9-3-2-4-10-17/h2-4,7-11,14H,5-6,12-13,15H2,1H3/q+1. The maximum Gasteiger partial charge on any atom is 0.292 e. The molecule has 1 saturated carbocycles. The van der Waals surface area contributed by atoms with Gasteiger partial charge in [0.1, 0.15) is 5.75 Å². The van der Waals surface area contributed by atoms with E-state index < -0.39 is 0 Å². The second kappa shape index (κ2) is 5.28. The molecule has 1 aliphatic carbocycles. The lowest BCUT2D eigenvalue weighted by Gasteiger charge is -2.28. The largest absolute Gasteiger partial charge is 0.435 e. The Bertz CT molecular complexity index is 712. The molecule has 22 heavy (non-hydrogen) atoms. The Morgan fingerprint density at radius 3 is 2.50 bits per heavy atom. The van der Waals surface area contributed by atoms with Gasteiger partial charge in [0, 0.05) is 17.7 Å². The lowest BCUT2D eigenvalue weighted by atomic mass is 9.79. The molecule has 0 amide bonds. The number of benzene rings is 2. The molecule has 1 aliphatic heterocycles. The van der Waals surface area contributed by atoms with Gasteiger partial charge in [-0.05, 0) is 24.3 Å². The van der Waals surface area contributed by atoms with Gasteiger partial charge in [-0.1, -0.05) is 50.1 Å². The highest BCUT2D eigenvalue weighted by molar-refractivity contribution is 5.82. The van der Waals surface area contributed by atoms with Gasteiger partial charge in [0.2, 0.25) is 5.69 Å². The van der Waals surface area contributed by atoms with E-state index in [1.54, 1.807) is 0 Å². The summed E-state index contributed by atoms with van der Waals surface area (Å²) in [5.74, 6) is 1.10. The van der Waals surface area contributed by atoms with Crippen molar-refractivity contribution in [2.75, 3.05) is 6.73 Å². The highest BCUT2D eigenvalue weighted by atomic mass is 16.5. The molecule has 2 aromatic rings. The monoisotopic (exact) mass is 292 g/mol. The summed E-state index contributed by atoms with van der Waals surface area (Å²) in [6, 6.07) is 17.0. The number of ether oxygens (including phenoxy) is 1. The van der Waals surface area contributed by atoms with E-state index in [1.165, 1.54) is 42.5 Å². The van der Waals surface area contributed by atoms with Crippen LogP contribution >= 0.6 is 0 Å². The van der Waals surface area contributed by atoms with Gasteiger partial charge in [0.05, 0.1) is 5.56 Å². The Kier molecular flexibility index (Phi) is 3.25. The molecular weight excluding hydrogens is 270 g/mol. The van der Waals surface area contributed by atoms with E-state index in [-0.39, 0.29) is 5.41 Å². The van der Waals surface area contributed by atoms with Gasteiger partial charge in [-0.25, -0.2) is 0 Å². The molecule has 2 heteroatoms. The molecule has 0 radical (unpaired) electrons. The molecule has 0 atom stereocenters. The summed E-state index contributed by atoms with van der Waals surface area (Å²) in [7, 11) is 0. The van der Waals surface area contributed by atoms with Crippen LogP contribution < -0.4 is 4.74 Å². The number of para-hydroxylation sites is 2. The first kappa shape index (κ1) is 13.6. The molecule has 2 nitrogen and oxygen atoms in total. The first-order valence-corrected chi connectivity index (χ1v) is 8.19. The van der Waals surface area contributed by atoms with Gasteiger partial charge >= 0.3 is 0 Å². The van der Waals surface area contributed by atoms with E-state index in [9.17, 15) is 0 Å². The van der Waals surface area contributed by atoms with E-state index >= 15 is 0 Å². The molecule has 2 aromatic carbocycles. The summed E-state index contributed by atoms with van der Waals surface area (Å²) < 4.78 is 8.36. The summed E-state index contributed by atoms with van der Waals surface area (Å²) >= 11 is 0. The van der Waals surface area contributed by atoms with Crippen molar-refractivity contribution in [3.63, 3.8) is 0 Å². The lowest BCUT2D eigenvalue weighted by Crippen LogP contribution is -2.25. The third kappa shape index (κ3) is 2.23. The third-order valence-electron chi connectivity index (χ3n) is 5.13. The van der Waals surface area contributed by atoms with Crippen LogP contribution in [0.15, 0.2) is 48.5 Å². The Balaban J connectivity index is 1.76. The lowest BCUT2D eigenvalue weighted by molar-refractivity contribution is -0.476. The zero-order chi connectivity index (χ0) is 15.0. The molecule has 2 aliphatic rings. The number of hydrogen-bond acceptors (Lipinski definition) is 1. The minimum atomic E-state index is 0.286. The van der Waals surface area contributed by atoms with Gasteiger partial charge in [0.15, 0.2) is 6.21 Å². The fraction of sp³-hybridized carbons (Fsp3) is 0.350. The Morgan fingerprint density at radius 1 is 0.955 bits per heavy atom. The topological polar surface area (TPSA) is 12.2 Å². The molecule has 0 N–H and O–H groups in total.